The Morgan fingerprint density at radius 1 is 1.38 bits per heavy atom. The van der Waals surface area contributed by atoms with Gasteiger partial charge in [-0.25, -0.2) is 0 Å². The molecule has 0 bridgehead atoms. The van der Waals surface area contributed by atoms with Gasteiger partial charge < -0.3 is 15.1 Å². The minimum absolute atomic E-state index is 0.235. The molecule has 3 heterocycles. The van der Waals surface area contributed by atoms with Gasteiger partial charge in [-0.15, -0.1) is 0 Å². The van der Waals surface area contributed by atoms with E-state index in [1.165, 1.54) is 24.8 Å². The van der Waals surface area contributed by atoms with E-state index in [1.807, 2.05) is 0 Å². The Morgan fingerprint density at radius 3 is 2.79 bits per heavy atom. The van der Waals surface area contributed by atoms with Crippen LogP contribution in [0.2, 0.25) is 0 Å². The van der Waals surface area contributed by atoms with Crippen molar-refractivity contribution < 1.29 is 4.79 Å². The van der Waals surface area contributed by atoms with Gasteiger partial charge in [-0.3, -0.25) is 4.79 Å². The lowest BCUT2D eigenvalue weighted by Crippen LogP contribution is -2.44. The van der Waals surface area contributed by atoms with Crippen LogP contribution in [0.5, 0.6) is 0 Å². The fourth-order valence-corrected chi connectivity index (χ4v) is 5.30. The van der Waals surface area contributed by atoms with Gasteiger partial charge in [0.15, 0.2) is 0 Å². The first-order chi connectivity index (χ1) is 11.7. The van der Waals surface area contributed by atoms with E-state index in [-0.39, 0.29) is 5.92 Å². The highest BCUT2D eigenvalue weighted by molar-refractivity contribution is 7.07. The Balaban J connectivity index is 1.49. The van der Waals surface area contributed by atoms with Gasteiger partial charge in [-0.2, -0.15) is 11.3 Å². The summed E-state index contributed by atoms with van der Waals surface area (Å²) in [4.78, 5) is 17.9. The summed E-state index contributed by atoms with van der Waals surface area (Å²) in [5.74, 6) is 0.661. The number of thiophene rings is 1. The summed E-state index contributed by atoms with van der Waals surface area (Å²) >= 11 is 1.73. The molecule has 1 saturated carbocycles. The zero-order valence-electron chi connectivity index (χ0n) is 14.7. The first-order valence-electron chi connectivity index (χ1n) is 9.39. The molecule has 2 saturated heterocycles. The molecule has 1 aromatic rings. The average Bonchev–Trinajstić information content (AvgIpc) is 3.04. The van der Waals surface area contributed by atoms with Crippen LogP contribution < -0.4 is 5.32 Å². The normalized spacial score (nSPS) is 27.3. The first kappa shape index (κ1) is 16.6. The second-order valence-electron chi connectivity index (χ2n) is 8.01. The van der Waals surface area contributed by atoms with E-state index >= 15 is 0 Å². The summed E-state index contributed by atoms with van der Waals surface area (Å²) in [5, 5.41) is 7.80. The van der Waals surface area contributed by atoms with E-state index in [1.54, 1.807) is 11.3 Å². The van der Waals surface area contributed by atoms with E-state index in [0.29, 0.717) is 17.4 Å². The molecule has 1 atom stereocenters. The lowest BCUT2D eigenvalue weighted by atomic mass is 9.92. The summed E-state index contributed by atoms with van der Waals surface area (Å²) < 4.78 is 0. The van der Waals surface area contributed by atoms with Crippen LogP contribution in [-0.4, -0.2) is 55.0 Å². The van der Waals surface area contributed by atoms with Crippen LogP contribution >= 0.6 is 11.3 Å². The van der Waals surface area contributed by atoms with E-state index in [4.69, 9.17) is 0 Å². The molecular formula is C19H29N3OS. The zero-order valence-corrected chi connectivity index (χ0v) is 15.5. The zero-order chi connectivity index (χ0) is 16.6. The Hall–Kier alpha value is -0.910. The van der Waals surface area contributed by atoms with Crippen LogP contribution in [-0.2, 0) is 11.3 Å². The average molecular weight is 348 g/mol. The van der Waals surface area contributed by atoms with Gasteiger partial charge >= 0.3 is 0 Å². The van der Waals surface area contributed by atoms with Gasteiger partial charge in [0.25, 0.3) is 0 Å². The minimum atomic E-state index is 0.235. The smallest absolute Gasteiger partial charge is 0.226 e. The molecule has 5 heteroatoms. The number of rotatable bonds is 4. The summed E-state index contributed by atoms with van der Waals surface area (Å²) in [6, 6.07) is 2.66. The van der Waals surface area contributed by atoms with Crippen molar-refractivity contribution in [3.8, 4) is 0 Å². The molecule has 24 heavy (non-hydrogen) atoms. The molecular weight excluding hydrogens is 318 g/mol. The maximum absolute atomic E-state index is 13.3. The van der Waals surface area contributed by atoms with Crippen LogP contribution in [0.4, 0.5) is 0 Å². The molecule has 4 rings (SSSR count). The van der Waals surface area contributed by atoms with Crippen molar-refractivity contribution in [1.29, 1.82) is 0 Å². The highest BCUT2D eigenvalue weighted by atomic mass is 32.1. The van der Waals surface area contributed by atoms with Crippen molar-refractivity contribution in [1.82, 2.24) is 15.1 Å². The lowest BCUT2D eigenvalue weighted by molar-refractivity contribution is -0.139. The SMILES string of the molecule is CN1CCC(C(=O)N(Cc2ccsc2)C2CC23CCNCC3)CC1. The third-order valence-electron chi connectivity index (χ3n) is 6.41. The van der Waals surface area contributed by atoms with Crippen molar-refractivity contribution in [3.63, 3.8) is 0 Å². The second kappa shape index (κ2) is 6.77. The fraction of sp³-hybridized carbons (Fsp3) is 0.737. The molecule has 1 unspecified atom stereocenters. The monoisotopic (exact) mass is 347 g/mol. The Labute approximate surface area is 149 Å². The quantitative estimate of drug-likeness (QED) is 0.909. The van der Waals surface area contributed by atoms with Crippen LogP contribution in [0.25, 0.3) is 0 Å². The molecule has 1 spiro atoms. The number of likely N-dealkylation sites (tertiary alicyclic amines) is 1. The number of carbonyl (C=O) groups is 1. The van der Waals surface area contributed by atoms with E-state index in [9.17, 15) is 4.79 Å². The highest BCUT2D eigenvalue weighted by Gasteiger charge is 2.58. The number of hydrogen-bond donors (Lipinski definition) is 1. The summed E-state index contributed by atoms with van der Waals surface area (Å²) in [5.41, 5.74) is 1.72. The number of piperidine rings is 2. The van der Waals surface area contributed by atoms with Crippen LogP contribution in [0.3, 0.4) is 0 Å². The van der Waals surface area contributed by atoms with Gasteiger partial charge in [0.2, 0.25) is 5.91 Å². The standard InChI is InChI=1S/C19H29N3OS/c1-21-9-2-16(3-10-21)18(23)22(13-15-4-11-24-14-15)17-12-19(17)5-7-20-8-6-19/h4,11,14,16-17,20H,2-3,5-10,12-13H2,1H3. The van der Waals surface area contributed by atoms with E-state index < -0.39 is 0 Å². The first-order valence-corrected chi connectivity index (χ1v) is 10.3. The molecule has 1 aromatic heterocycles. The maximum atomic E-state index is 13.3. The number of carbonyl (C=O) groups excluding carboxylic acids is 1. The molecule has 132 valence electrons. The summed E-state index contributed by atoms with van der Waals surface area (Å²) in [6.45, 7) is 5.16. The molecule has 1 aliphatic carbocycles. The molecule has 0 aromatic carbocycles. The van der Waals surface area contributed by atoms with Crippen molar-refractivity contribution in [2.45, 2.75) is 44.7 Å². The van der Waals surface area contributed by atoms with Crippen molar-refractivity contribution in [2.24, 2.45) is 11.3 Å². The topological polar surface area (TPSA) is 35.6 Å². The van der Waals surface area contributed by atoms with Gasteiger partial charge in [-0.05, 0) is 93.1 Å². The molecule has 2 aliphatic heterocycles. The number of nitrogens with zero attached hydrogens (tertiary/aromatic N) is 2. The number of nitrogens with one attached hydrogen (secondary N) is 1. The van der Waals surface area contributed by atoms with E-state index in [2.05, 4.69) is 39.0 Å². The molecule has 3 aliphatic rings. The third-order valence-corrected chi connectivity index (χ3v) is 7.14. The van der Waals surface area contributed by atoms with Crippen LogP contribution in [0, 0.1) is 11.3 Å². The van der Waals surface area contributed by atoms with Crippen molar-refractivity contribution in [3.05, 3.63) is 22.4 Å². The Morgan fingerprint density at radius 2 is 2.12 bits per heavy atom. The molecule has 3 fully saturated rings. The number of amides is 1. The Bertz CT molecular complexity index is 559. The second-order valence-corrected chi connectivity index (χ2v) is 8.79. The van der Waals surface area contributed by atoms with Crippen molar-refractivity contribution in [2.75, 3.05) is 33.2 Å². The van der Waals surface area contributed by atoms with Gasteiger partial charge in [0.05, 0.1) is 0 Å². The largest absolute Gasteiger partial charge is 0.335 e. The van der Waals surface area contributed by atoms with Crippen molar-refractivity contribution >= 4 is 17.2 Å². The van der Waals surface area contributed by atoms with Gasteiger partial charge in [0.1, 0.15) is 0 Å². The lowest BCUT2D eigenvalue weighted by Gasteiger charge is -2.35. The molecule has 0 radical (unpaired) electrons. The molecule has 4 nitrogen and oxygen atoms in total. The van der Waals surface area contributed by atoms with Gasteiger partial charge in [-0.1, -0.05) is 0 Å². The van der Waals surface area contributed by atoms with Crippen LogP contribution in [0.1, 0.15) is 37.7 Å². The minimum Gasteiger partial charge on any atom is -0.335 e. The molecule has 1 N–H and O–H groups in total. The van der Waals surface area contributed by atoms with Gasteiger partial charge in [0, 0.05) is 18.5 Å². The highest BCUT2D eigenvalue weighted by Crippen LogP contribution is 2.56. The maximum Gasteiger partial charge on any atom is 0.226 e. The summed E-state index contributed by atoms with van der Waals surface area (Å²) in [6.07, 6.45) is 5.74. The Kier molecular flexibility index (Phi) is 4.67. The third kappa shape index (κ3) is 3.26. The molecule has 1 amide bonds. The predicted octanol–water partition coefficient (Wildman–Crippen LogP) is 2.56. The van der Waals surface area contributed by atoms with Crippen LogP contribution in [0.15, 0.2) is 16.8 Å². The number of hydrogen-bond acceptors (Lipinski definition) is 4. The summed E-state index contributed by atoms with van der Waals surface area (Å²) in [7, 11) is 2.16. The fourth-order valence-electron chi connectivity index (χ4n) is 4.64. The van der Waals surface area contributed by atoms with E-state index in [0.717, 1.165) is 45.6 Å². The predicted molar refractivity (Wildman–Crippen MR) is 98.0 cm³/mol.